The Kier molecular flexibility index (Phi) is 39.3. The Hall–Kier alpha value is -12.5. The maximum absolute atomic E-state index is 11.7. The molecule has 0 saturated carbocycles. The summed E-state index contributed by atoms with van der Waals surface area (Å²) in [6.07, 6.45) is 34.4. The number of aliphatic hydroxyl groups is 2. The van der Waals surface area contributed by atoms with E-state index < -0.39 is 85.9 Å². The zero-order chi connectivity index (χ0) is 92.6. The van der Waals surface area contributed by atoms with Crippen molar-refractivity contribution < 1.29 is 81.6 Å². The highest BCUT2D eigenvalue weighted by molar-refractivity contribution is 5.68. The van der Waals surface area contributed by atoms with Crippen molar-refractivity contribution in [3.05, 3.63) is 76.6 Å². The summed E-state index contributed by atoms with van der Waals surface area (Å²) in [4.78, 5) is 66.0. The summed E-state index contributed by atoms with van der Waals surface area (Å²) in [5.74, 6) is 12.5. The van der Waals surface area contributed by atoms with E-state index >= 15 is 0 Å². The van der Waals surface area contributed by atoms with Gasteiger partial charge in [0.05, 0.1) is 108 Å². The number of hydrogen-bond donors (Lipinski definition) is 2. The van der Waals surface area contributed by atoms with Crippen LogP contribution in [0.5, 0.6) is 0 Å². The number of esters is 5. The number of azide groups is 1. The lowest BCUT2D eigenvalue weighted by molar-refractivity contribution is -0.194. The number of carbonyl (C=O) groups is 5. The van der Waals surface area contributed by atoms with E-state index in [9.17, 15) is 34.2 Å². The van der Waals surface area contributed by atoms with Crippen molar-refractivity contribution >= 4 is 47.3 Å². The molecule has 682 valence electrons. The van der Waals surface area contributed by atoms with Crippen LogP contribution in [0, 0.1) is 85.4 Å². The second-order valence-corrected chi connectivity index (χ2v) is 30.3. The predicted octanol–water partition coefficient (Wildman–Crippen LogP) is 4.05. The maximum atomic E-state index is 11.7. The monoisotopic (exact) mass is 1750 g/mol. The van der Waals surface area contributed by atoms with E-state index in [4.69, 9.17) is 85.0 Å². The lowest BCUT2D eigenvalue weighted by atomic mass is 9.98. The largest absolute Gasteiger partial charge is 0.459 e. The molecule has 5 unspecified atom stereocenters. The molecule has 7 aromatic heterocycles. The van der Waals surface area contributed by atoms with Crippen molar-refractivity contribution in [1.82, 2.24) is 110 Å². The van der Waals surface area contributed by atoms with Gasteiger partial charge >= 0.3 is 29.8 Å². The number of aromatic nitrogens is 21. The summed E-state index contributed by atoms with van der Waals surface area (Å²) < 4.78 is 66.4. The highest BCUT2D eigenvalue weighted by Crippen LogP contribution is 2.40. The Morgan fingerprint density at radius 1 is 0.405 bits per heavy atom. The van der Waals surface area contributed by atoms with E-state index in [1.165, 1.54) is 39.3 Å². The molecule has 5 fully saturated rings. The predicted molar refractivity (Wildman–Crippen MR) is 449 cm³/mol. The first-order chi connectivity index (χ1) is 60.2. The van der Waals surface area contributed by atoms with Gasteiger partial charge in [0.25, 0.3) is 0 Å². The Balaban J connectivity index is 0.000000215. The van der Waals surface area contributed by atoms with Crippen molar-refractivity contribution in [2.45, 2.75) is 254 Å². The highest BCUT2D eigenvalue weighted by Gasteiger charge is 2.49. The van der Waals surface area contributed by atoms with Crippen molar-refractivity contribution in [1.29, 1.82) is 0 Å². The molecular formula is C81H116N28O17. The van der Waals surface area contributed by atoms with Gasteiger partial charge in [0.1, 0.15) is 41.1 Å². The summed E-state index contributed by atoms with van der Waals surface area (Å²) in [5.41, 5.74) is 11.4. The Bertz CT molecular complexity index is 4740. The molecule has 45 heteroatoms. The van der Waals surface area contributed by atoms with Gasteiger partial charge in [0.15, 0.2) is 60.7 Å². The van der Waals surface area contributed by atoms with Gasteiger partial charge in [-0.2, -0.15) is 0 Å². The van der Waals surface area contributed by atoms with E-state index in [1.807, 2.05) is 116 Å². The molecule has 5 aliphatic rings. The third-order valence-electron chi connectivity index (χ3n) is 20.6. The topological polar surface area (TPSA) is 495 Å². The molecule has 5 saturated heterocycles. The Labute approximate surface area is 731 Å². The highest BCUT2D eigenvalue weighted by atomic mass is 16.7. The Morgan fingerprint density at radius 3 is 1.02 bits per heavy atom. The number of anilines is 3. The fourth-order valence-corrected chi connectivity index (χ4v) is 14.5. The molecule has 0 aliphatic carbocycles. The van der Waals surface area contributed by atoms with Gasteiger partial charge in [0.2, 0.25) is 6.29 Å². The molecule has 0 bridgehead atoms. The van der Waals surface area contributed by atoms with E-state index in [1.54, 1.807) is 65.7 Å². The molecule has 2 N–H and O–H groups in total. The fraction of sp³-hybridized carbons (Fsp3) is 0.642. The third-order valence-corrected chi connectivity index (χ3v) is 20.6. The molecule has 0 radical (unpaired) electrons. The number of hydrogen-bond acceptors (Lipinski definition) is 36. The lowest BCUT2D eigenvalue weighted by Gasteiger charge is -2.21. The minimum Gasteiger partial charge on any atom is -0.459 e. The van der Waals surface area contributed by atoms with Crippen molar-refractivity contribution in [3.8, 4) is 61.7 Å². The molecule has 12 heterocycles. The van der Waals surface area contributed by atoms with Gasteiger partial charge in [-0.25, -0.2) is 14.0 Å². The van der Waals surface area contributed by atoms with Crippen LogP contribution in [0.15, 0.2) is 48.5 Å². The second kappa shape index (κ2) is 49.3. The number of aryl methyl sites for hydroxylation is 4. The summed E-state index contributed by atoms with van der Waals surface area (Å²) in [7, 11) is 7.23. The van der Waals surface area contributed by atoms with Crippen molar-refractivity contribution in [2.75, 3.05) is 47.4 Å². The minimum atomic E-state index is -1.08. The SMILES string of the molecule is C#CCN(CC#C)CC#C.C#CCN(CC#C)c1cn([C@@H]2O[C@H](CC)[C@H](C)C2OC(C)=O)nn1.CC[C@H]1O[C@@H](N=[N+]=[N-])C(OC(C)=O)[C@H]1C.CC[C@H]1O[C@@H](OC(C)=O)C(OC(C)=O)[C@H]1C.CC[C@H]1O[C@@H](n2cc(N(Cc3cn(C)nn3)Cc3cn(C)nn3)nn2)C(O)[C@H]1O.CC[C@H]1O[C@@H](n2cc(N(Cc3cn(C)nn3)Cc3cn(C)nn3)nn2)C(OC(C)=O)[C@H]1C. The Morgan fingerprint density at radius 2 is 0.706 bits per heavy atom. The summed E-state index contributed by atoms with van der Waals surface area (Å²) >= 11 is 0. The molecule has 0 amide bonds. The number of nitrogens with zero attached hydrogens (tertiary/aromatic N) is 28. The second-order valence-electron chi connectivity index (χ2n) is 30.3. The van der Waals surface area contributed by atoms with E-state index in [2.05, 4.69) is 112 Å². The third kappa shape index (κ3) is 28.5. The number of aliphatic hydroxyl groups excluding tert-OH is 2. The van der Waals surface area contributed by atoms with Crippen LogP contribution in [0.4, 0.5) is 17.5 Å². The van der Waals surface area contributed by atoms with Crippen LogP contribution in [0.1, 0.15) is 170 Å². The zero-order valence-corrected chi connectivity index (χ0v) is 74.4. The molecular weight excluding hydrogens is 1640 g/mol. The average molecular weight is 1750 g/mol. The fourth-order valence-electron chi connectivity index (χ4n) is 14.5. The van der Waals surface area contributed by atoms with Crippen molar-refractivity contribution in [3.63, 3.8) is 0 Å². The molecule has 5 aliphatic heterocycles. The van der Waals surface area contributed by atoms with Crippen LogP contribution in [-0.4, -0.2) is 262 Å². The number of terminal acetylenes is 5. The van der Waals surface area contributed by atoms with Crippen molar-refractivity contribution in [2.24, 2.45) is 57.0 Å². The minimum absolute atomic E-state index is 0.0143. The first-order valence-electron chi connectivity index (χ1n) is 41.0. The normalized spacial score (nSPS) is 25.3. The standard InChI is InChI=1S/C19H28N10O3.C17H22N4O3.C16H24N10O3.C11H18O5.C9H15N3O3.C9H9N/c1-6-16-12(2)18(31-13(3)30)19(32-16)29-11-17(22-25-29)28(9-14-7-26(4)23-20-14)10-15-8-27(5)24-21-15;1-6-9-20(10-7-2)15-11-21(19-18-15)17-16(23-13(5)22)12(4)14(8-3)24-17;1-4-12-14(27)15(28)16(29-12)26-9-13(19-22-26)25(7-10-5-23(2)20-17-10)8-11-6-24(3)21-18-11;1-5-9-6(2)10(14-7(3)12)11(16-9)15-8(4)13;1-4-7-5(2)8(14-6(3)13)9(15-7)11-12-10;1-4-7-10(8-5-2)9-6-3/h7-8,11-12,16,18-19H,6,9-10H2,1-5H3;1-2,11-12,14,16-17H,8-10H2,3-5H3;5-6,9,12,14-16,27-28H,4,7-8H2,1-3H3;6,9-11H,5H2,1-4H3;5,7-9H,4H2,1-3H3;1-3H,7-9H2/t12-,16+,18?,19+;12-,14+,16?,17+;12-,14+,15?,16-;6-,9+,10?,11+;5-,7+,8?,9+;/m00100./s1. The summed E-state index contributed by atoms with van der Waals surface area (Å²) in [6.45, 7) is 28.5. The number of ether oxygens (including phenoxy) is 10. The van der Waals surface area contributed by atoms with E-state index in [0.717, 1.165) is 48.5 Å². The van der Waals surface area contributed by atoms with Crippen LogP contribution >= 0.6 is 0 Å². The van der Waals surface area contributed by atoms with E-state index in [-0.39, 0.29) is 66.0 Å². The molecule has 7 aromatic rings. The zero-order valence-electron chi connectivity index (χ0n) is 74.4. The van der Waals surface area contributed by atoms with Crippen LogP contribution in [-0.2, 0) is 126 Å². The number of rotatable bonds is 30. The van der Waals surface area contributed by atoms with E-state index in [0.29, 0.717) is 82.8 Å². The summed E-state index contributed by atoms with van der Waals surface area (Å²) in [5, 5.41) is 81.7. The first kappa shape index (κ1) is 101. The molecule has 12 rings (SSSR count). The van der Waals surface area contributed by atoms with Crippen LogP contribution < -0.4 is 14.7 Å². The molecule has 0 spiro atoms. The molecule has 126 heavy (non-hydrogen) atoms. The number of carbonyl (C=O) groups excluding carboxylic acids is 5. The lowest BCUT2D eigenvalue weighted by Crippen LogP contribution is -2.33. The molecule has 0 aromatic carbocycles. The van der Waals surface area contributed by atoms with Crippen LogP contribution in [0.3, 0.4) is 0 Å². The van der Waals surface area contributed by atoms with Crippen LogP contribution in [0.25, 0.3) is 10.4 Å². The van der Waals surface area contributed by atoms with Gasteiger partial charge < -0.3 is 72.3 Å². The van der Waals surface area contributed by atoms with Gasteiger partial charge in [-0.05, 0) is 37.6 Å². The van der Waals surface area contributed by atoms with Gasteiger partial charge in [-0.15, -0.1) is 67.8 Å². The quantitative estimate of drug-likeness (QED) is 0.0160. The average Bonchev–Trinajstić information content (AvgIpc) is 1.65. The first-order valence-corrected chi connectivity index (χ1v) is 41.0. The van der Waals surface area contributed by atoms with Crippen LogP contribution in [0.2, 0.25) is 0 Å². The molecule has 20 atom stereocenters. The maximum Gasteiger partial charge on any atom is 0.305 e. The van der Waals surface area contributed by atoms with Gasteiger partial charge in [-0.3, -0.25) is 47.6 Å². The van der Waals surface area contributed by atoms with Gasteiger partial charge in [0, 0.05) is 116 Å². The smallest absolute Gasteiger partial charge is 0.305 e. The van der Waals surface area contributed by atoms with Gasteiger partial charge in [-0.1, -0.05) is 134 Å². The summed E-state index contributed by atoms with van der Waals surface area (Å²) in [6, 6.07) is 0. The molecule has 45 nitrogen and oxygen atoms in total.